The van der Waals surface area contributed by atoms with E-state index in [0.717, 1.165) is 78.4 Å². The predicted octanol–water partition coefficient (Wildman–Crippen LogP) is 9.75. The van der Waals surface area contributed by atoms with E-state index in [0.29, 0.717) is 50.0 Å². The first-order valence-electron chi connectivity index (χ1n) is 18.0. The van der Waals surface area contributed by atoms with Crippen molar-refractivity contribution in [2.45, 2.75) is 76.7 Å². The minimum absolute atomic E-state index is 0.0621. The third kappa shape index (κ3) is 10.6. The Labute approximate surface area is 308 Å². The number of hydrogen-bond donors (Lipinski definition) is 1. The Morgan fingerprint density at radius 2 is 1.77 bits per heavy atom. The van der Waals surface area contributed by atoms with Gasteiger partial charge in [0.15, 0.2) is 0 Å². The first kappa shape index (κ1) is 38.9. The molecule has 1 aliphatic heterocycles. The lowest BCUT2D eigenvalue weighted by molar-refractivity contribution is -0.139. The third-order valence-electron chi connectivity index (χ3n) is 8.61. The number of rotatable bonds is 17. The molecule has 0 radical (unpaired) electrons. The molecule has 0 unspecified atom stereocenters. The highest BCUT2D eigenvalue weighted by Crippen LogP contribution is 2.40. The van der Waals surface area contributed by atoms with Crippen molar-refractivity contribution in [3.05, 3.63) is 89.5 Å². The van der Waals surface area contributed by atoms with E-state index in [9.17, 15) is 18.0 Å². The average molecular weight is 736 g/mol. The Morgan fingerprint density at radius 3 is 2.50 bits per heavy atom. The monoisotopic (exact) mass is 735 g/mol. The van der Waals surface area contributed by atoms with Gasteiger partial charge in [0.1, 0.15) is 24.5 Å². The number of aromatic nitrogens is 3. The van der Waals surface area contributed by atoms with Gasteiger partial charge in [-0.15, -0.1) is 22.0 Å². The van der Waals surface area contributed by atoms with Crippen molar-refractivity contribution in [2.24, 2.45) is 5.92 Å². The number of carbonyl (C=O) groups is 1. The second-order valence-electron chi connectivity index (χ2n) is 13.3. The minimum Gasteiger partial charge on any atom is -0.491 e. The zero-order valence-corrected chi connectivity index (χ0v) is 31.2. The van der Waals surface area contributed by atoms with Crippen molar-refractivity contribution < 1.29 is 27.4 Å². The smallest absolute Gasteiger partial charge is 0.417 e. The van der Waals surface area contributed by atoms with E-state index >= 15 is 0 Å². The Morgan fingerprint density at radius 1 is 0.981 bits per heavy atom. The van der Waals surface area contributed by atoms with Crippen LogP contribution >= 0.6 is 11.8 Å². The molecule has 5 rings (SSSR count). The van der Waals surface area contributed by atoms with E-state index in [4.69, 9.17) is 9.47 Å². The largest absolute Gasteiger partial charge is 0.491 e. The molecule has 1 aromatic heterocycles. The van der Waals surface area contributed by atoms with Crippen molar-refractivity contribution in [2.75, 3.05) is 43.1 Å². The van der Waals surface area contributed by atoms with E-state index in [2.05, 4.69) is 59.4 Å². The van der Waals surface area contributed by atoms with Crippen molar-refractivity contribution >= 4 is 35.1 Å². The second-order valence-corrected chi connectivity index (χ2v) is 14.3. The number of halogens is 3. The Kier molecular flexibility index (Phi) is 13.8. The summed E-state index contributed by atoms with van der Waals surface area (Å²) in [5.74, 6) is 1.56. The number of nitrogens with one attached hydrogen (secondary N) is 1. The number of thioether (sulfide) groups is 1. The van der Waals surface area contributed by atoms with Crippen molar-refractivity contribution in [3.63, 3.8) is 0 Å². The summed E-state index contributed by atoms with van der Waals surface area (Å²) in [5, 5.41) is 10.7. The SMILES string of the molecule is CCCCOCCOc1ccc(-c2ccc3c(c2)C=C(C(=O)Nc2ccc(SCc4nncn4CCC)c(C(F)(F)F)c2)CCN3CC(C)C)cc1. The molecule has 1 aliphatic rings. The molecule has 4 aromatic rings. The summed E-state index contributed by atoms with van der Waals surface area (Å²) in [4.78, 5) is 16.0. The van der Waals surface area contributed by atoms with Gasteiger partial charge < -0.3 is 24.3 Å². The molecule has 278 valence electrons. The van der Waals surface area contributed by atoms with E-state index < -0.39 is 17.6 Å². The normalized spacial score (nSPS) is 13.2. The number of aryl methyl sites for hydroxylation is 1. The van der Waals surface area contributed by atoms with Crippen LogP contribution < -0.4 is 15.0 Å². The number of hydrogen-bond acceptors (Lipinski definition) is 7. The highest BCUT2D eigenvalue weighted by molar-refractivity contribution is 7.98. The minimum atomic E-state index is -4.61. The van der Waals surface area contributed by atoms with Gasteiger partial charge >= 0.3 is 6.18 Å². The molecule has 0 fully saturated rings. The topological polar surface area (TPSA) is 81.5 Å². The number of fused-ring (bicyclic) bond motifs is 1. The summed E-state index contributed by atoms with van der Waals surface area (Å²) >= 11 is 1.05. The van der Waals surface area contributed by atoms with Gasteiger partial charge in [-0.05, 0) is 90.4 Å². The first-order valence-corrected chi connectivity index (χ1v) is 19.0. The van der Waals surface area contributed by atoms with Gasteiger partial charge in [-0.3, -0.25) is 4.79 Å². The molecule has 2 heterocycles. The van der Waals surface area contributed by atoms with Crippen LogP contribution in [-0.2, 0) is 28.0 Å². The molecule has 0 saturated carbocycles. The van der Waals surface area contributed by atoms with Crippen molar-refractivity contribution in [1.29, 1.82) is 0 Å². The van der Waals surface area contributed by atoms with Gasteiger partial charge in [0, 0.05) is 48.1 Å². The molecular weight excluding hydrogens is 688 g/mol. The average Bonchev–Trinajstić information content (AvgIpc) is 3.48. The summed E-state index contributed by atoms with van der Waals surface area (Å²) < 4.78 is 56.1. The van der Waals surface area contributed by atoms with Crippen LogP contribution in [0.4, 0.5) is 24.5 Å². The maximum atomic E-state index is 14.3. The molecule has 1 N–H and O–H groups in total. The molecule has 8 nitrogen and oxygen atoms in total. The number of unbranched alkanes of at least 4 members (excludes halogenated alkanes) is 1. The summed E-state index contributed by atoms with van der Waals surface area (Å²) in [5.41, 5.74) is 3.65. The predicted molar refractivity (Wildman–Crippen MR) is 203 cm³/mol. The molecule has 0 aliphatic carbocycles. The van der Waals surface area contributed by atoms with Gasteiger partial charge in [-0.25, -0.2) is 0 Å². The van der Waals surface area contributed by atoms with Gasteiger partial charge in [-0.1, -0.05) is 52.3 Å². The van der Waals surface area contributed by atoms with Crippen LogP contribution in [-0.4, -0.2) is 53.6 Å². The van der Waals surface area contributed by atoms with Gasteiger partial charge in [0.05, 0.1) is 17.9 Å². The summed E-state index contributed by atoms with van der Waals surface area (Å²) in [7, 11) is 0. The number of benzene rings is 3. The second kappa shape index (κ2) is 18.5. The third-order valence-corrected chi connectivity index (χ3v) is 9.68. The number of anilines is 2. The number of nitrogens with zero attached hydrogens (tertiary/aromatic N) is 4. The van der Waals surface area contributed by atoms with Crippen LogP contribution in [0.1, 0.15) is 70.3 Å². The van der Waals surface area contributed by atoms with Crippen molar-refractivity contribution in [1.82, 2.24) is 14.8 Å². The molecule has 0 spiro atoms. The number of alkyl halides is 3. The van der Waals surface area contributed by atoms with E-state index in [1.54, 1.807) is 6.33 Å². The van der Waals surface area contributed by atoms with E-state index in [1.807, 2.05) is 41.8 Å². The van der Waals surface area contributed by atoms with Crippen LogP contribution in [0.25, 0.3) is 17.2 Å². The molecule has 0 bridgehead atoms. The zero-order chi connectivity index (χ0) is 37.1. The lowest BCUT2D eigenvalue weighted by Gasteiger charge is -2.27. The fourth-order valence-electron chi connectivity index (χ4n) is 6.02. The highest BCUT2D eigenvalue weighted by atomic mass is 32.2. The quantitative estimate of drug-likeness (QED) is 0.0855. The van der Waals surface area contributed by atoms with Crippen LogP contribution in [0.15, 0.2) is 77.5 Å². The molecule has 12 heteroatoms. The standard InChI is InChI=1S/C40H48F3N5O3S/c1-5-7-19-50-20-21-51-34-12-8-29(9-13-34)30-10-14-36-32(22-30)23-31(16-18-47(36)25-28(3)4)39(49)45-33-11-15-37(35(24-33)40(41,42)43)52-26-38-46-44-27-48(38)17-6-2/h8-15,22-24,27-28H,5-7,16-21,25-26H2,1-4H3,(H,45,49). The van der Waals surface area contributed by atoms with Crippen LogP contribution in [0.2, 0.25) is 0 Å². The highest BCUT2D eigenvalue weighted by Gasteiger charge is 2.34. The maximum absolute atomic E-state index is 14.3. The lowest BCUT2D eigenvalue weighted by atomic mass is 10.00. The number of carbonyl (C=O) groups excluding carboxylic acids is 1. The molecule has 3 aromatic carbocycles. The van der Waals surface area contributed by atoms with Crippen molar-refractivity contribution in [3.8, 4) is 16.9 Å². The fraction of sp³-hybridized carbons (Fsp3) is 0.425. The lowest BCUT2D eigenvalue weighted by Crippen LogP contribution is -2.29. The molecule has 1 amide bonds. The number of amides is 1. The van der Waals surface area contributed by atoms with Crippen LogP contribution in [0.5, 0.6) is 5.75 Å². The summed E-state index contributed by atoms with van der Waals surface area (Å²) in [6, 6.07) is 18.0. The van der Waals surface area contributed by atoms with E-state index in [1.165, 1.54) is 12.1 Å². The first-order chi connectivity index (χ1) is 25.0. The molecule has 0 atom stereocenters. The molecule has 0 saturated heterocycles. The fourth-order valence-corrected chi connectivity index (χ4v) is 7.02. The zero-order valence-electron chi connectivity index (χ0n) is 30.3. The Balaban J connectivity index is 1.33. The van der Waals surface area contributed by atoms with E-state index in [-0.39, 0.29) is 16.3 Å². The molecule has 52 heavy (non-hydrogen) atoms. The van der Waals surface area contributed by atoms with Gasteiger partial charge in [0.25, 0.3) is 5.91 Å². The Hall–Kier alpha value is -4.29. The maximum Gasteiger partial charge on any atom is 0.417 e. The van der Waals surface area contributed by atoms with Gasteiger partial charge in [-0.2, -0.15) is 13.2 Å². The summed E-state index contributed by atoms with van der Waals surface area (Å²) in [6.45, 7) is 12.3. The Bertz CT molecular complexity index is 1810. The van der Waals surface area contributed by atoms with Crippen LogP contribution in [0, 0.1) is 5.92 Å². The summed E-state index contributed by atoms with van der Waals surface area (Å²) in [6.07, 6.45) is 2.28. The molecular formula is C40H48F3N5O3S. The van der Waals surface area contributed by atoms with Gasteiger partial charge in [0.2, 0.25) is 0 Å². The number of ether oxygens (including phenoxy) is 2. The van der Waals surface area contributed by atoms with Crippen LogP contribution in [0.3, 0.4) is 0 Å².